The van der Waals surface area contributed by atoms with Gasteiger partial charge in [0.05, 0.1) is 0 Å². The van der Waals surface area contributed by atoms with Crippen molar-refractivity contribution >= 4 is 0 Å². The van der Waals surface area contributed by atoms with Crippen LogP contribution in [0.4, 0.5) is 0 Å². The largest absolute Gasteiger partial charge is 0.315 e. The predicted molar refractivity (Wildman–Crippen MR) is 73.9 cm³/mol. The van der Waals surface area contributed by atoms with E-state index in [0.717, 1.165) is 5.92 Å². The van der Waals surface area contributed by atoms with Crippen LogP contribution in [0.25, 0.3) is 0 Å². The summed E-state index contributed by atoms with van der Waals surface area (Å²) in [5, 5.41) is 3.55. The molecule has 0 aliphatic carbocycles. The zero-order chi connectivity index (χ0) is 12.8. The van der Waals surface area contributed by atoms with E-state index < -0.39 is 0 Å². The Bertz CT molecular complexity index is 174. The quantitative estimate of drug-likeness (QED) is 0.686. The predicted octanol–water partition coefficient (Wildman–Crippen LogP) is 3.13. The molecule has 0 aliphatic heterocycles. The Morgan fingerprint density at radius 2 is 1.62 bits per heavy atom. The van der Waals surface area contributed by atoms with E-state index in [2.05, 4.69) is 59.1 Å². The van der Waals surface area contributed by atoms with Crippen molar-refractivity contribution in [3.05, 3.63) is 0 Å². The topological polar surface area (TPSA) is 15.3 Å². The fraction of sp³-hybridized carbons (Fsp3) is 1.00. The van der Waals surface area contributed by atoms with Crippen LogP contribution in [0.3, 0.4) is 0 Å². The summed E-state index contributed by atoms with van der Waals surface area (Å²) in [6.07, 6.45) is 4.96. The van der Waals surface area contributed by atoms with Gasteiger partial charge in [0.25, 0.3) is 0 Å². The highest BCUT2D eigenvalue weighted by atomic mass is 15.2. The van der Waals surface area contributed by atoms with Gasteiger partial charge in [-0.3, -0.25) is 0 Å². The number of nitrogens with one attached hydrogen (secondary N) is 1. The molecule has 0 aromatic heterocycles. The molecule has 0 heterocycles. The van der Waals surface area contributed by atoms with E-state index >= 15 is 0 Å². The number of hydrogen-bond acceptors (Lipinski definition) is 2. The molecule has 0 spiro atoms. The van der Waals surface area contributed by atoms with Crippen LogP contribution >= 0.6 is 0 Å². The third-order valence-corrected chi connectivity index (χ3v) is 4.45. The van der Waals surface area contributed by atoms with Crippen molar-refractivity contribution in [3.63, 3.8) is 0 Å². The van der Waals surface area contributed by atoms with Crippen LogP contribution in [0.15, 0.2) is 0 Å². The van der Waals surface area contributed by atoms with Gasteiger partial charge in [0.15, 0.2) is 0 Å². The van der Waals surface area contributed by atoms with Gasteiger partial charge in [0.1, 0.15) is 0 Å². The SMILES string of the molecule is CCC(C)CC(NC)C(CC)(CC)N(C)C. The minimum Gasteiger partial charge on any atom is -0.315 e. The zero-order valence-electron chi connectivity index (χ0n) is 12.4. The van der Waals surface area contributed by atoms with E-state index in [1.807, 2.05) is 0 Å². The highest BCUT2D eigenvalue weighted by Gasteiger charge is 2.37. The Balaban J connectivity index is 4.84. The number of likely N-dealkylation sites (N-methyl/N-ethyl adjacent to an activating group) is 2. The standard InChI is InChI=1S/C14H32N2/c1-8-12(4)11-13(15-5)14(9-2,10-3)16(6)7/h12-13,15H,8-11H2,1-7H3. The molecule has 98 valence electrons. The second-order valence-corrected chi connectivity index (χ2v) is 5.30. The lowest BCUT2D eigenvalue weighted by Gasteiger charge is -2.46. The van der Waals surface area contributed by atoms with E-state index in [0.29, 0.717) is 11.6 Å². The third-order valence-electron chi connectivity index (χ3n) is 4.45. The first-order valence-electron chi connectivity index (χ1n) is 6.83. The van der Waals surface area contributed by atoms with Crippen molar-refractivity contribution < 1.29 is 0 Å². The Morgan fingerprint density at radius 3 is 1.88 bits per heavy atom. The summed E-state index contributed by atoms with van der Waals surface area (Å²) >= 11 is 0. The Hall–Kier alpha value is -0.0800. The van der Waals surface area contributed by atoms with E-state index in [-0.39, 0.29) is 0 Å². The molecule has 1 N–H and O–H groups in total. The van der Waals surface area contributed by atoms with Crippen LogP contribution in [0.1, 0.15) is 53.4 Å². The van der Waals surface area contributed by atoms with Crippen molar-refractivity contribution in [2.45, 2.75) is 65.0 Å². The average Bonchev–Trinajstić information content (AvgIpc) is 2.28. The fourth-order valence-electron chi connectivity index (χ4n) is 2.86. The first kappa shape index (κ1) is 15.9. The zero-order valence-corrected chi connectivity index (χ0v) is 12.4. The molecule has 16 heavy (non-hydrogen) atoms. The van der Waals surface area contributed by atoms with E-state index in [4.69, 9.17) is 0 Å². The molecule has 0 saturated carbocycles. The molecule has 2 heteroatoms. The number of hydrogen-bond donors (Lipinski definition) is 1. The fourth-order valence-corrected chi connectivity index (χ4v) is 2.86. The first-order chi connectivity index (χ1) is 7.48. The summed E-state index contributed by atoms with van der Waals surface area (Å²) in [5.41, 5.74) is 0.304. The minimum absolute atomic E-state index is 0.304. The summed E-state index contributed by atoms with van der Waals surface area (Å²) < 4.78 is 0. The van der Waals surface area contributed by atoms with Crippen molar-refractivity contribution in [2.24, 2.45) is 5.92 Å². The monoisotopic (exact) mass is 228 g/mol. The van der Waals surface area contributed by atoms with Crippen molar-refractivity contribution in [1.82, 2.24) is 10.2 Å². The van der Waals surface area contributed by atoms with Crippen LogP contribution in [0, 0.1) is 5.92 Å². The second-order valence-electron chi connectivity index (χ2n) is 5.30. The smallest absolute Gasteiger partial charge is 0.0351 e. The molecular weight excluding hydrogens is 196 g/mol. The lowest BCUT2D eigenvalue weighted by molar-refractivity contribution is 0.0803. The molecular formula is C14H32N2. The summed E-state index contributed by atoms with van der Waals surface area (Å²) in [6.45, 7) is 9.26. The molecule has 2 atom stereocenters. The molecule has 0 aliphatic rings. The van der Waals surface area contributed by atoms with E-state index in [1.165, 1.54) is 25.7 Å². The third kappa shape index (κ3) is 3.46. The molecule has 2 unspecified atom stereocenters. The van der Waals surface area contributed by atoms with Gasteiger partial charge in [-0.1, -0.05) is 34.1 Å². The van der Waals surface area contributed by atoms with Crippen LogP contribution in [-0.2, 0) is 0 Å². The van der Waals surface area contributed by atoms with Crippen molar-refractivity contribution in [3.8, 4) is 0 Å². The van der Waals surface area contributed by atoms with Crippen molar-refractivity contribution in [1.29, 1.82) is 0 Å². The summed E-state index contributed by atoms with van der Waals surface area (Å²) in [6, 6.07) is 0.590. The molecule has 2 nitrogen and oxygen atoms in total. The normalized spacial score (nSPS) is 16.5. The first-order valence-corrected chi connectivity index (χ1v) is 6.83. The van der Waals surface area contributed by atoms with Gasteiger partial charge in [-0.15, -0.1) is 0 Å². The molecule has 0 aromatic rings. The molecule has 0 bridgehead atoms. The molecule has 0 amide bonds. The maximum Gasteiger partial charge on any atom is 0.0351 e. The van der Waals surface area contributed by atoms with Gasteiger partial charge in [-0.2, -0.15) is 0 Å². The van der Waals surface area contributed by atoms with Crippen LogP contribution < -0.4 is 5.32 Å². The van der Waals surface area contributed by atoms with Gasteiger partial charge in [0.2, 0.25) is 0 Å². The summed E-state index contributed by atoms with van der Waals surface area (Å²) in [5.74, 6) is 0.801. The summed E-state index contributed by atoms with van der Waals surface area (Å²) in [7, 11) is 6.54. The lowest BCUT2D eigenvalue weighted by Crippen LogP contribution is -2.58. The summed E-state index contributed by atoms with van der Waals surface area (Å²) in [4.78, 5) is 2.41. The molecule has 0 rings (SSSR count). The number of rotatable bonds is 8. The van der Waals surface area contributed by atoms with Gasteiger partial charge in [0, 0.05) is 11.6 Å². The van der Waals surface area contributed by atoms with Crippen LogP contribution in [0.5, 0.6) is 0 Å². The lowest BCUT2D eigenvalue weighted by atomic mass is 9.79. The van der Waals surface area contributed by atoms with Gasteiger partial charge < -0.3 is 10.2 Å². The molecule has 0 aromatic carbocycles. The Kier molecular flexibility index (Phi) is 7.25. The Morgan fingerprint density at radius 1 is 1.12 bits per heavy atom. The minimum atomic E-state index is 0.304. The Labute approximate surface area is 103 Å². The highest BCUT2D eigenvalue weighted by molar-refractivity contribution is 4.96. The maximum atomic E-state index is 3.55. The van der Waals surface area contributed by atoms with Crippen molar-refractivity contribution in [2.75, 3.05) is 21.1 Å². The van der Waals surface area contributed by atoms with Crippen LogP contribution in [0.2, 0.25) is 0 Å². The average molecular weight is 228 g/mol. The molecule has 0 saturated heterocycles. The number of nitrogens with zero attached hydrogens (tertiary/aromatic N) is 1. The highest BCUT2D eigenvalue weighted by Crippen LogP contribution is 2.29. The van der Waals surface area contributed by atoms with E-state index in [1.54, 1.807) is 0 Å². The van der Waals surface area contributed by atoms with E-state index in [9.17, 15) is 0 Å². The molecule has 0 fully saturated rings. The second kappa shape index (κ2) is 7.29. The van der Waals surface area contributed by atoms with Gasteiger partial charge in [-0.25, -0.2) is 0 Å². The van der Waals surface area contributed by atoms with Gasteiger partial charge in [-0.05, 0) is 46.3 Å². The van der Waals surface area contributed by atoms with Gasteiger partial charge >= 0.3 is 0 Å². The van der Waals surface area contributed by atoms with Crippen LogP contribution in [-0.4, -0.2) is 37.6 Å². The molecule has 0 radical (unpaired) electrons. The maximum absolute atomic E-state index is 3.55.